The van der Waals surface area contributed by atoms with Crippen molar-refractivity contribution in [1.82, 2.24) is 4.90 Å². The van der Waals surface area contributed by atoms with Crippen molar-refractivity contribution in [1.29, 1.82) is 5.41 Å². The molecule has 6 heteroatoms. The fraction of sp³-hybridized carbons (Fsp3) is 0.308. The molecule has 2 aliphatic rings. The quantitative estimate of drug-likeness (QED) is 0.421. The number of guanidine groups is 1. The fourth-order valence-electron chi connectivity index (χ4n) is 2.77. The largest absolute Gasteiger partial charge is 0.370 e. The van der Waals surface area contributed by atoms with Gasteiger partial charge in [0.05, 0.1) is 17.5 Å². The lowest BCUT2D eigenvalue weighted by molar-refractivity contribution is -0.122. The topological polar surface area (TPSA) is 90.5 Å². The molecule has 3 rings (SSSR count). The van der Waals surface area contributed by atoms with E-state index >= 15 is 0 Å². The standard InChI is InChI=1S/C13H14N4O2/c14-13(15)16-6-9-10(7-16)12(19)17(11(9)18)8-4-2-1-3-5-8/h1-5,9-10H,6-7H2,(H3,14,15). The molecule has 6 nitrogen and oxygen atoms in total. The van der Waals surface area contributed by atoms with Gasteiger partial charge in [0.1, 0.15) is 0 Å². The number of nitrogens with two attached hydrogens (primary N) is 1. The van der Waals surface area contributed by atoms with Crippen LogP contribution in [0.4, 0.5) is 5.69 Å². The molecular formula is C13H14N4O2. The highest BCUT2D eigenvalue weighted by molar-refractivity contribution is 6.22. The Bertz CT molecular complexity index is 533. The van der Waals surface area contributed by atoms with Crippen molar-refractivity contribution < 1.29 is 9.59 Å². The highest BCUT2D eigenvalue weighted by Crippen LogP contribution is 2.35. The molecular weight excluding hydrogens is 244 g/mol. The Hall–Kier alpha value is -2.37. The van der Waals surface area contributed by atoms with Gasteiger partial charge in [0.2, 0.25) is 11.8 Å². The first-order chi connectivity index (χ1) is 9.09. The fourth-order valence-corrected chi connectivity index (χ4v) is 2.77. The van der Waals surface area contributed by atoms with Gasteiger partial charge in [-0.2, -0.15) is 0 Å². The molecule has 2 amide bonds. The van der Waals surface area contributed by atoms with Crippen LogP contribution in [0.25, 0.3) is 0 Å². The van der Waals surface area contributed by atoms with Crippen molar-refractivity contribution in [3.8, 4) is 0 Å². The lowest BCUT2D eigenvalue weighted by atomic mass is 10.00. The van der Waals surface area contributed by atoms with Gasteiger partial charge >= 0.3 is 0 Å². The highest BCUT2D eigenvalue weighted by Gasteiger charge is 2.53. The van der Waals surface area contributed by atoms with E-state index in [4.69, 9.17) is 11.1 Å². The van der Waals surface area contributed by atoms with Gasteiger partial charge in [0.15, 0.2) is 5.96 Å². The number of fused-ring (bicyclic) bond motifs is 1. The molecule has 2 saturated heterocycles. The SMILES string of the molecule is N=C(N)N1CC2C(=O)N(c3ccccc3)C(=O)C2C1. The zero-order chi connectivity index (χ0) is 13.6. The molecule has 2 heterocycles. The van der Waals surface area contributed by atoms with Crippen LogP contribution in [0.3, 0.4) is 0 Å². The maximum absolute atomic E-state index is 12.3. The number of nitrogens with one attached hydrogen (secondary N) is 1. The summed E-state index contributed by atoms with van der Waals surface area (Å²) in [7, 11) is 0. The molecule has 0 bridgehead atoms. The summed E-state index contributed by atoms with van der Waals surface area (Å²) in [6.45, 7) is 0.710. The Morgan fingerprint density at radius 3 is 2.11 bits per heavy atom. The molecule has 0 spiro atoms. The van der Waals surface area contributed by atoms with Crippen LogP contribution < -0.4 is 10.6 Å². The van der Waals surface area contributed by atoms with Crippen LogP contribution in [0.15, 0.2) is 30.3 Å². The number of anilines is 1. The molecule has 2 aliphatic heterocycles. The van der Waals surface area contributed by atoms with Crippen molar-refractivity contribution in [2.24, 2.45) is 17.6 Å². The van der Waals surface area contributed by atoms with Crippen molar-refractivity contribution in [3.63, 3.8) is 0 Å². The maximum atomic E-state index is 12.3. The molecule has 0 saturated carbocycles. The van der Waals surface area contributed by atoms with Crippen molar-refractivity contribution >= 4 is 23.5 Å². The molecule has 3 N–H and O–H groups in total. The second kappa shape index (κ2) is 4.08. The van der Waals surface area contributed by atoms with E-state index in [1.165, 1.54) is 4.90 Å². The zero-order valence-corrected chi connectivity index (χ0v) is 10.2. The molecule has 19 heavy (non-hydrogen) atoms. The van der Waals surface area contributed by atoms with Crippen LogP contribution in [0.5, 0.6) is 0 Å². The molecule has 0 aliphatic carbocycles. The van der Waals surface area contributed by atoms with E-state index in [0.717, 1.165) is 0 Å². The Labute approximate surface area is 110 Å². The van der Waals surface area contributed by atoms with E-state index in [0.29, 0.717) is 18.8 Å². The summed E-state index contributed by atoms with van der Waals surface area (Å²) in [6.07, 6.45) is 0. The Morgan fingerprint density at radius 1 is 1.11 bits per heavy atom. The predicted octanol–water partition coefficient (Wildman–Crippen LogP) is 0.00127. The summed E-state index contributed by atoms with van der Waals surface area (Å²) < 4.78 is 0. The minimum atomic E-state index is -0.378. The van der Waals surface area contributed by atoms with Crippen molar-refractivity contribution in [2.45, 2.75) is 0 Å². The first-order valence-corrected chi connectivity index (χ1v) is 6.11. The summed E-state index contributed by atoms with van der Waals surface area (Å²) in [5, 5.41) is 7.38. The number of hydrogen-bond acceptors (Lipinski definition) is 3. The van der Waals surface area contributed by atoms with Crippen LogP contribution in [-0.4, -0.2) is 35.8 Å². The van der Waals surface area contributed by atoms with Crippen LogP contribution in [-0.2, 0) is 9.59 Å². The van der Waals surface area contributed by atoms with Crippen molar-refractivity contribution in [2.75, 3.05) is 18.0 Å². The minimum absolute atomic E-state index is 0.0822. The van der Waals surface area contributed by atoms with Gasteiger partial charge in [-0.15, -0.1) is 0 Å². The molecule has 2 atom stereocenters. The summed E-state index contributed by atoms with van der Waals surface area (Å²) in [4.78, 5) is 27.5. The number of benzene rings is 1. The van der Waals surface area contributed by atoms with Crippen LogP contribution in [0.2, 0.25) is 0 Å². The van der Waals surface area contributed by atoms with Gasteiger partial charge in [0, 0.05) is 13.1 Å². The summed E-state index contributed by atoms with van der Waals surface area (Å²) in [5.41, 5.74) is 6.02. The van der Waals surface area contributed by atoms with Gasteiger partial charge in [-0.25, -0.2) is 4.90 Å². The summed E-state index contributed by atoms with van der Waals surface area (Å²) in [6, 6.07) is 8.93. The number of nitrogens with zero attached hydrogens (tertiary/aromatic N) is 2. The van der Waals surface area contributed by atoms with E-state index in [-0.39, 0.29) is 29.6 Å². The zero-order valence-electron chi connectivity index (χ0n) is 10.2. The second-order valence-corrected chi connectivity index (χ2v) is 4.85. The van der Waals surface area contributed by atoms with Gasteiger partial charge in [-0.1, -0.05) is 18.2 Å². The minimum Gasteiger partial charge on any atom is -0.370 e. The lowest BCUT2D eigenvalue weighted by Crippen LogP contribution is -2.40. The molecule has 1 aromatic carbocycles. The summed E-state index contributed by atoms with van der Waals surface area (Å²) >= 11 is 0. The second-order valence-electron chi connectivity index (χ2n) is 4.85. The smallest absolute Gasteiger partial charge is 0.239 e. The highest BCUT2D eigenvalue weighted by atomic mass is 16.2. The number of imide groups is 1. The number of likely N-dealkylation sites (tertiary alicyclic amines) is 1. The average molecular weight is 258 g/mol. The van der Waals surface area contributed by atoms with E-state index in [9.17, 15) is 9.59 Å². The van der Waals surface area contributed by atoms with Gasteiger partial charge in [-0.05, 0) is 12.1 Å². The van der Waals surface area contributed by atoms with Gasteiger partial charge in [0.25, 0.3) is 0 Å². The molecule has 2 unspecified atom stereocenters. The number of carbonyl (C=O) groups is 2. The van der Waals surface area contributed by atoms with Gasteiger partial charge in [-0.3, -0.25) is 15.0 Å². The normalized spacial score (nSPS) is 25.9. The van der Waals surface area contributed by atoms with E-state index in [1.807, 2.05) is 6.07 Å². The lowest BCUT2D eigenvalue weighted by Gasteiger charge is -2.20. The molecule has 0 aromatic heterocycles. The van der Waals surface area contributed by atoms with Crippen LogP contribution >= 0.6 is 0 Å². The number of hydrogen-bond donors (Lipinski definition) is 2. The summed E-state index contributed by atoms with van der Waals surface area (Å²) in [5.74, 6) is -1.22. The maximum Gasteiger partial charge on any atom is 0.239 e. The number of amides is 2. The third kappa shape index (κ3) is 1.68. The van der Waals surface area contributed by atoms with Crippen molar-refractivity contribution in [3.05, 3.63) is 30.3 Å². The van der Waals surface area contributed by atoms with Gasteiger partial charge < -0.3 is 10.6 Å². The monoisotopic (exact) mass is 258 g/mol. The Kier molecular flexibility index (Phi) is 2.51. The molecule has 2 fully saturated rings. The average Bonchev–Trinajstić information content (AvgIpc) is 2.92. The number of rotatable bonds is 1. The Balaban J connectivity index is 1.89. The van der Waals surface area contributed by atoms with Crippen LogP contribution in [0.1, 0.15) is 0 Å². The molecule has 98 valence electrons. The van der Waals surface area contributed by atoms with E-state index in [1.54, 1.807) is 29.2 Å². The van der Waals surface area contributed by atoms with Crippen LogP contribution in [0, 0.1) is 17.2 Å². The molecule has 0 radical (unpaired) electrons. The van der Waals surface area contributed by atoms with E-state index < -0.39 is 0 Å². The van der Waals surface area contributed by atoms with E-state index in [2.05, 4.69) is 0 Å². The third-order valence-electron chi connectivity index (χ3n) is 3.75. The number of para-hydroxylation sites is 1. The Morgan fingerprint density at radius 2 is 1.63 bits per heavy atom. The number of carbonyl (C=O) groups excluding carboxylic acids is 2. The predicted molar refractivity (Wildman–Crippen MR) is 69.4 cm³/mol. The first-order valence-electron chi connectivity index (χ1n) is 6.11. The third-order valence-corrected chi connectivity index (χ3v) is 3.75. The first kappa shape index (κ1) is 11.7. The molecule has 1 aromatic rings.